The first-order valence-electron chi connectivity index (χ1n) is 9.06. The number of nitrogen functional groups attached to an aromatic ring is 1. The molecule has 0 radical (unpaired) electrons. The molecule has 0 saturated carbocycles. The summed E-state index contributed by atoms with van der Waals surface area (Å²) in [5, 5.41) is 0.802. The van der Waals surface area contributed by atoms with E-state index in [-0.39, 0.29) is 5.88 Å². The standard InChI is InChI=1S/C19H22N2O3.ClHO4/c1-2-23-19(22)17-15(21-11-7-4-8-12-21)13-16(24-18(17)20)14-9-5-3-6-10-14;2-1(3,4)5/h3,5-6,9-10,13,20H,2,4,7-8,11-12H2,1H3;(H,2,3,4,5). The van der Waals surface area contributed by atoms with Crippen LogP contribution in [-0.2, 0) is 4.74 Å². The first kappa shape index (κ1) is 22.9. The van der Waals surface area contributed by atoms with Crippen molar-refractivity contribution in [1.29, 1.82) is 0 Å². The van der Waals surface area contributed by atoms with Crippen LogP contribution in [0.1, 0.15) is 36.5 Å². The molecule has 1 aliphatic rings. The Hall–Kier alpha value is -2.43. The third-order valence-corrected chi connectivity index (χ3v) is 4.22. The Morgan fingerprint density at radius 1 is 1.14 bits per heavy atom. The average molecular weight is 427 g/mol. The highest BCUT2D eigenvalue weighted by atomic mass is 35.7. The van der Waals surface area contributed by atoms with Crippen molar-refractivity contribution in [2.75, 3.05) is 25.4 Å². The molecule has 1 aromatic carbocycles. The normalized spacial score (nSPS) is 14.0. The number of piperidine rings is 1. The molecule has 1 aromatic heterocycles. The van der Waals surface area contributed by atoms with Crippen LogP contribution in [0.15, 0.2) is 40.8 Å². The van der Waals surface area contributed by atoms with E-state index in [2.05, 4.69) is 4.58 Å². The van der Waals surface area contributed by atoms with Crippen LogP contribution in [0.2, 0.25) is 0 Å². The van der Waals surface area contributed by atoms with E-state index in [0.717, 1.165) is 36.9 Å². The van der Waals surface area contributed by atoms with E-state index in [1.54, 1.807) is 6.92 Å². The van der Waals surface area contributed by atoms with Crippen molar-refractivity contribution in [3.63, 3.8) is 0 Å². The Kier molecular flexibility index (Phi) is 8.18. The number of carbonyl (C=O) groups is 1. The summed E-state index contributed by atoms with van der Waals surface area (Å²) in [7, 11) is -4.94. The van der Waals surface area contributed by atoms with Gasteiger partial charge in [-0.25, -0.2) is 28.0 Å². The van der Waals surface area contributed by atoms with E-state index in [1.807, 2.05) is 36.4 Å². The van der Waals surface area contributed by atoms with Gasteiger partial charge in [-0.1, -0.05) is 30.3 Å². The van der Waals surface area contributed by atoms with Crippen LogP contribution in [-0.4, -0.2) is 25.7 Å². The molecule has 0 spiro atoms. The highest BCUT2D eigenvalue weighted by molar-refractivity contribution is 5.93. The van der Waals surface area contributed by atoms with Crippen molar-refractivity contribution >= 4 is 11.9 Å². The van der Waals surface area contributed by atoms with Gasteiger partial charge in [-0.05, 0) is 13.3 Å². The van der Waals surface area contributed by atoms with Crippen molar-refractivity contribution in [2.24, 2.45) is 0 Å². The number of ether oxygens (including phenoxy) is 1. The van der Waals surface area contributed by atoms with Crippen molar-refractivity contribution in [2.45, 2.75) is 26.2 Å². The third-order valence-electron chi connectivity index (χ3n) is 4.22. The van der Waals surface area contributed by atoms with Gasteiger partial charge < -0.3 is 14.9 Å². The summed E-state index contributed by atoms with van der Waals surface area (Å²) in [6, 6.07) is 11.7. The molecule has 0 amide bonds. The van der Waals surface area contributed by atoms with E-state index in [4.69, 9.17) is 33.5 Å². The largest absolute Gasteiger partial charge is 0.462 e. The fraction of sp³-hybridized carbons (Fsp3) is 0.368. The van der Waals surface area contributed by atoms with Gasteiger partial charge >= 0.3 is 5.97 Å². The Morgan fingerprint density at radius 3 is 2.28 bits per heavy atom. The third kappa shape index (κ3) is 7.15. The second kappa shape index (κ2) is 10.4. The van der Waals surface area contributed by atoms with Gasteiger partial charge in [0.25, 0.3) is 0 Å². The Bertz CT molecular complexity index is 878. The van der Waals surface area contributed by atoms with Gasteiger partial charge in [-0.2, -0.15) is 0 Å². The van der Waals surface area contributed by atoms with Gasteiger partial charge in [0, 0.05) is 18.4 Å². The van der Waals surface area contributed by atoms with E-state index >= 15 is 0 Å². The average Bonchev–Trinajstić information content (AvgIpc) is 2.67. The number of hydrogen-bond acceptors (Lipinski definition) is 8. The van der Waals surface area contributed by atoms with Crippen molar-refractivity contribution in [3.8, 4) is 11.3 Å². The summed E-state index contributed by atoms with van der Waals surface area (Å²) in [4.78, 5) is 12.4. The van der Waals surface area contributed by atoms with Crippen LogP contribution in [0.5, 0.6) is 0 Å². The number of benzene rings is 1. The topological polar surface area (TPSA) is 161 Å². The molecular formula is C19H23ClN2O7. The maximum atomic E-state index is 12.4. The number of esters is 1. The fourth-order valence-corrected chi connectivity index (χ4v) is 3.06. The number of carbonyl (C=O) groups excluding carboxylic acids is 1. The van der Waals surface area contributed by atoms with Gasteiger partial charge in [0.1, 0.15) is 18.8 Å². The predicted octanol–water partition coefficient (Wildman–Crippen LogP) is -2.09. The van der Waals surface area contributed by atoms with Crippen molar-refractivity contribution < 1.29 is 42.8 Å². The lowest BCUT2D eigenvalue weighted by atomic mass is 10.1. The minimum Gasteiger partial charge on any atom is -0.462 e. The van der Waals surface area contributed by atoms with Gasteiger partial charge in [0.15, 0.2) is 5.56 Å². The molecule has 1 fully saturated rings. The molecule has 2 heterocycles. The number of rotatable bonds is 3. The second-order valence-electron chi connectivity index (χ2n) is 6.25. The number of halogens is 1. The summed E-state index contributed by atoms with van der Waals surface area (Å²) in [5.41, 5.74) is 7.36. The SMILES string of the molecule is CCOC(=O)c1c(N)oc(-c2ccccc2)cc1=[N+]1CCCCC1.[O-][Cl+3]([O-])([O-])[O-]. The Morgan fingerprint density at radius 2 is 1.72 bits per heavy atom. The number of nitrogens with two attached hydrogens (primary N) is 1. The Labute approximate surface area is 170 Å². The molecule has 1 saturated heterocycles. The van der Waals surface area contributed by atoms with Crippen LogP contribution < -0.4 is 34.3 Å². The zero-order chi connectivity index (χ0) is 21.4. The number of nitrogens with zero attached hydrogens (tertiary/aromatic N) is 1. The van der Waals surface area contributed by atoms with Gasteiger partial charge in [-0.3, -0.25) is 0 Å². The molecule has 158 valence electrons. The molecule has 29 heavy (non-hydrogen) atoms. The van der Waals surface area contributed by atoms with E-state index in [9.17, 15) is 4.79 Å². The smallest absolute Gasteiger partial charge is 0.350 e. The van der Waals surface area contributed by atoms with Crippen LogP contribution >= 0.6 is 0 Å². The molecule has 0 atom stereocenters. The first-order valence-corrected chi connectivity index (χ1v) is 10.3. The summed E-state index contributed by atoms with van der Waals surface area (Å²) in [5.74, 6) is 0.330. The summed E-state index contributed by atoms with van der Waals surface area (Å²) in [6.07, 6.45) is 3.42. The molecule has 3 rings (SSSR count). The van der Waals surface area contributed by atoms with E-state index in [0.29, 0.717) is 17.9 Å². The minimum atomic E-state index is -4.94. The summed E-state index contributed by atoms with van der Waals surface area (Å²) < 4.78 is 47.1. The van der Waals surface area contributed by atoms with Crippen LogP contribution in [0, 0.1) is 10.2 Å². The van der Waals surface area contributed by atoms with Crippen LogP contribution in [0.4, 0.5) is 5.88 Å². The molecule has 0 unspecified atom stereocenters. The predicted molar refractivity (Wildman–Crippen MR) is 93.4 cm³/mol. The van der Waals surface area contributed by atoms with Gasteiger partial charge in [-0.15, -0.1) is 10.2 Å². The lowest BCUT2D eigenvalue weighted by Gasteiger charge is -2.17. The van der Waals surface area contributed by atoms with Crippen LogP contribution in [0.3, 0.4) is 0 Å². The molecule has 9 nitrogen and oxygen atoms in total. The molecule has 0 bridgehead atoms. The molecular weight excluding hydrogens is 404 g/mol. The second-order valence-corrected chi connectivity index (χ2v) is 7.00. The zero-order valence-electron chi connectivity index (χ0n) is 16.0. The van der Waals surface area contributed by atoms with Gasteiger partial charge in [0.05, 0.1) is 12.7 Å². The highest BCUT2D eigenvalue weighted by Gasteiger charge is 2.25. The molecule has 10 heteroatoms. The van der Waals surface area contributed by atoms with E-state index in [1.165, 1.54) is 6.42 Å². The Balaban J connectivity index is 0.000000537. The lowest BCUT2D eigenvalue weighted by Crippen LogP contribution is -2.68. The molecule has 2 aromatic rings. The van der Waals surface area contributed by atoms with Crippen molar-refractivity contribution in [1.82, 2.24) is 4.58 Å². The number of hydrogen-bond donors (Lipinski definition) is 1. The quantitative estimate of drug-likeness (QED) is 0.431. The fourth-order valence-electron chi connectivity index (χ4n) is 3.06. The zero-order valence-corrected chi connectivity index (χ0v) is 16.7. The number of anilines is 1. The first-order chi connectivity index (χ1) is 13.7. The van der Waals surface area contributed by atoms with E-state index < -0.39 is 16.2 Å². The monoisotopic (exact) mass is 426 g/mol. The maximum Gasteiger partial charge on any atom is 0.350 e. The van der Waals surface area contributed by atoms with Crippen LogP contribution in [0.25, 0.3) is 11.3 Å². The van der Waals surface area contributed by atoms with Crippen molar-refractivity contribution in [3.05, 3.63) is 47.3 Å². The minimum absolute atomic E-state index is 0.107. The summed E-state index contributed by atoms with van der Waals surface area (Å²) >= 11 is 0. The molecule has 0 aliphatic carbocycles. The maximum absolute atomic E-state index is 12.4. The molecule has 1 aliphatic heterocycles. The highest BCUT2D eigenvalue weighted by Crippen LogP contribution is 2.22. The molecule has 2 N–H and O–H groups in total. The van der Waals surface area contributed by atoms with Gasteiger partial charge in [0.2, 0.25) is 11.2 Å². The summed E-state index contributed by atoms with van der Waals surface area (Å²) in [6.45, 7) is 3.90. The lowest BCUT2D eigenvalue weighted by molar-refractivity contribution is -2.00.